The van der Waals surface area contributed by atoms with Crippen LogP contribution in [0.3, 0.4) is 0 Å². The lowest BCUT2D eigenvalue weighted by molar-refractivity contribution is -0.312. The summed E-state index contributed by atoms with van der Waals surface area (Å²) in [6, 6.07) is 3.11. The van der Waals surface area contributed by atoms with Crippen LogP contribution in [0.2, 0.25) is 5.02 Å². The van der Waals surface area contributed by atoms with E-state index in [1.807, 2.05) is 0 Å². The summed E-state index contributed by atoms with van der Waals surface area (Å²) in [6.07, 6.45) is 1.28. The number of ether oxygens (including phenoxy) is 1. The molecule has 0 fully saturated rings. The monoisotopic (exact) mass is 307 g/mol. The molecule has 110 valence electrons. The third-order valence-corrected chi connectivity index (χ3v) is 3.96. The topological polar surface area (TPSA) is 79.6 Å². The van der Waals surface area contributed by atoms with E-state index < -0.39 is 12.1 Å². The predicted molar refractivity (Wildman–Crippen MR) is 74.6 cm³/mol. The van der Waals surface area contributed by atoms with E-state index in [0.29, 0.717) is 17.6 Å². The average Bonchev–Trinajstić information content (AvgIpc) is 2.91. The molecule has 1 atom stereocenters. The van der Waals surface area contributed by atoms with Crippen molar-refractivity contribution in [3.63, 3.8) is 0 Å². The van der Waals surface area contributed by atoms with Crippen LogP contribution in [0.15, 0.2) is 21.3 Å². The fourth-order valence-corrected chi connectivity index (χ4v) is 2.82. The Labute approximate surface area is 125 Å². The lowest BCUT2D eigenvalue weighted by atomic mass is 10.1. The molecule has 1 aliphatic carbocycles. The molecule has 0 amide bonds. The lowest BCUT2D eigenvalue weighted by Gasteiger charge is -2.17. The third-order valence-electron chi connectivity index (χ3n) is 3.66. The van der Waals surface area contributed by atoms with Gasteiger partial charge in [0.1, 0.15) is 17.4 Å². The number of rotatable bonds is 3. The second-order valence-electron chi connectivity index (χ2n) is 5.06. The molecule has 2 aromatic rings. The van der Waals surface area contributed by atoms with E-state index in [0.717, 1.165) is 23.8 Å². The zero-order chi connectivity index (χ0) is 15.1. The van der Waals surface area contributed by atoms with Gasteiger partial charge in [-0.1, -0.05) is 11.6 Å². The van der Waals surface area contributed by atoms with Crippen LogP contribution in [0, 0.1) is 0 Å². The molecule has 3 rings (SSSR count). The summed E-state index contributed by atoms with van der Waals surface area (Å²) in [5.41, 5.74) is 1.67. The van der Waals surface area contributed by atoms with E-state index >= 15 is 0 Å². The SMILES string of the molecule is C[C@H](Oc1cc2oc(=O)c3c(c2cc1Cl)CCC3)C(=O)[O-]. The molecule has 1 aromatic heterocycles. The molecule has 6 heteroatoms. The first-order valence-electron chi connectivity index (χ1n) is 6.63. The number of aryl methyl sites for hydroxylation is 1. The number of carbonyl (C=O) groups is 1. The minimum Gasteiger partial charge on any atom is -0.546 e. The number of carboxylic acid groups (broad SMARTS) is 1. The van der Waals surface area contributed by atoms with Gasteiger partial charge in [-0.05, 0) is 37.8 Å². The number of benzene rings is 1. The molecular weight excluding hydrogens is 296 g/mol. The molecule has 0 saturated carbocycles. The second kappa shape index (κ2) is 5.07. The molecular formula is C15H12ClO5-. The lowest BCUT2D eigenvalue weighted by Crippen LogP contribution is -2.37. The van der Waals surface area contributed by atoms with Crippen molar-refractivity contribution in [2.75, 3.05) is 0 Å². The van der Waals surface area contributed by atoms with Crippen molar-refractivity contribution in [2.24, 2.45) is 0 Å². The first kappa shape index (κ1) is 13.9. The van der Waals surface area contributed by atoms with Gasteiger partial charge in [0.15, 0.2) is 0 Å². The number of hydrogen-bond acceptors (Lipinski definition) is 5. The number of fused-ring (bicyclic) bond motifs is 3. The van der Waals surface area contributed by atoms with Crippen molar-refractivity contribution in [3.8, 4) is 5.75 Å². The van der Waals surface area contributed by atoms with Crippen LogP contribution in [-0.4, -0.2) is 12.1 Å². The normalized spacial score (nSPS) is 15.0. The molecule has 21 heavy (non-hydrogen) atoms. The van der Waals surface area contributed by atoms with Crippen LogP contribution in [0.25, 0.3) is 11.0 Å². The largest absolute Gasteiger partial charge is 0.546 e. The summed E-state index contributed by atoms with van der Waals surface area (Å²) in [4.78, 5) is 22.6. The number of carboxylic acids is 1. The Bertz CT molecular complexity index is 793. The van der Waals surface area contributed by atoms with Gasteiger partial charge in [0.2, 0.25) is 0 Å². The Morgan fingerprint density at radius 3 is 2.81 bits per heavy atom. The van der Waals surface area contributed by atoms with Gasteiger partial charge in [0.05, 0.1) is 11.0 Å². The highest BCUT2D eigenvalue weighted by Gasteiger charge is 2.21. The second-order valence-corrected chi connectivity index (χ2v) is 5.47. The first-order chi connectivity index (χ1) is 9.97. The summed E-state index contributed by atoms with van der Waals surface area (Å²) >= 11 is 6.14. The summed E-state index contributed by atoms with van der Waals surface area (Å²) in [6.45, 7) is 1.34. The van der Waals surface area contributed by atoms with Gasteiger partial charge in [0.25, 0.3) is 0 Å². The fourth-order valence-electron chi connectivity index (χ4n) is 2.61. The van der Waals surface area contributed by atoms with Gasteiger partial charge >= 0.3 is 5.63 Å². The molecule has 0 N–H and O–H groups in total. The summed E-state index contributed by atoms with van der Waals surface area (Å²) in [7, 11) is 0. The zero-order valence-electron chi connectivity index (χ0n) is 11.3. The summed E-state index contributed by atoms with van der Waals surface area (Å²) < 4.78 is 10.5. The zero-order valence-corrected chi connectivity index (χ0v) is 12.0. The van der Waals surface area contributed by atoms with Crippen LogP contribution in [0.4, 0.5) is 0 Å². The van der Waals surface area contributed by atoms with Gasteiger partial charge in [-0.25, -0.2) is 4.79 Å². The van der Waals surface area contributed by atoms with Gasteiger partial charge in [-0.2, -0.15) is 0 Å². The molecule has 0 unspecified atom stereocenters. The van der Waals surface area contributed by atoms with Crippen molar-refractivity contribution in [1.82, 2.24) is 0 Å². The van der Waals surface area contributed by atoms with Crippen molar-refractivity contribution in [2.45, 2.75) is 32.3 Å². The van der Waals surface area contributed by atoms with Crippen LogP contribution in [-0.2, 0) is 17.6 Å². The Kier molecular flexibility index (Phi) is 3.37. The van der Waals surface area contributed by atoms with Gasteiger partial charge in [-0.3, -0.25) is 0 Å². The van der Waals surface area contributed by atoms with Gasteiger partial charge in [-0.15, -0.1) is 0 Å². The molecule has 0 radical (unpaired) electrons. The molecule has 0 saturated heterocycles. The van der Waals surface area contributed by atoms with Gasteiger partial charge in [0, 0.05) is 17.0 Å². The quantitative estimate of drug-likeness (QED) is 0.802. The smallest absolute Gasteiger partial charge is 0.339 e. The Hall–Kier alpha value is -2.01. The number of carbonyl (C=O) groups excluding carboxylic acids is 1. The average molecular weight is 308 g/mol. The highest BCUT2D eigenvalue weighted by Crippen LogP contribution is 2.35. The van der Waals surface area contributed by atoms with Crippen molar-refractivity contribution < 1.29 is 19.1 Å². The maximum absolute atomic E-state index is 11.9. The van der Waals surface area contributed by atoms with Crippen molar-refractivity contribution >= 4 is 28.5 Å². The molecule has 0 aliphatic heterocycles. The minimum atomic E-state index is -1.35. The van der Waals surface area contributed by atoms with Crippen LogP contribution >= 0.6 is 11.6 Å². The fraction of sp³-hybridized carbons (Fsp3) is 0.333. The predicted octanol–water partition coefficient (Wildman–Crippen LogP) is 1.45. The molecule has 1 aliphatic rings. The van der Waals surface area contributed by atoms with Crippen LogP contribution in [0.1, 0.15) is 24.5 Å². The highest BCUT2D eigenvalue weighted by molar-refractivity contribution is 6.32. The Morgan fingerprint density at radius 1 is 1.38 bits per heavy atom. The first-order valence-corrected chi connectivity index (χ1v) is 7.01. The Morgan fingerprint density at radius 2 is 2.10 bits per heavy atom. The Balaban J connectivity index is 2.14. The van der Waals surface area contributed by atoms with E-state index in [4.69, 9.17) is 20.8 Å². The maximum Gasteiger partial charge on any atom is 0.339 e. The van der Waals surface area contributed by atoms with Crippen LogP contribution < -0.4 is 15.5 Å². The van der Waals surface area contributed by atoms with Crippen molar-refractivity contribution in [3.05, 3.63) is 38.7 Å². The number of halogens is 1. The van der Waals surface area contributed by atoms with Gasteiger partial charge < -0.3 is 19.1 Å². The molecule has 5 nitrogen and oxygen atoms in total. The molecule has 1 aromatic carbocycles. The minimum absolute atomic E-state index is 0.155. The van der Waals surface area contributed by atoms with E-state index in [9.17, 15) is 14.7 Å². The van der Waals surface area contributed by atoms with E-state index in [1.54, 1.807) is 6.07 Å². The van der Waals surface area contributed by atoms with E-state index in [1.165, 1.54) is 13.0 Å². The van der Waals surface area contributed by atoms with E-state index in [2.05, 4.69) is 0 Å². The molecule has 1 heterocycles. The number of hydrogen-bond donors (Lipinski definition) is 0. The number of aliphatic carboxylic acids is 1. The molecule has 0 spiro atoms. The molecule has 0 bridgehead atoms. The van der Waals surface area contributed by atoms with Crippen LogP contribution in [0.5, 0.6) is 5.75 Å². The summed E-state index contributed by atoms with van der Waals surface area (Å²) in [5, 5.41) is 11.8. The maximum atomic E-state index is 11.9. The van der Waals surface area contributed by atoms with E-state index in [-0.39, 0.29) is 16.4 Å². The third kappa shape index (κ3) is 2.38. The highest BCUT2D eigenvalue weighted by atomic mass is 35.5. The standard InChI is InChI=1S/C15H13ClO5/c1-7(14(17)18)20-13-6-12-10(5-11(13)16)8-3-2-4-9(8)15(19)21-12/h5-7H,2-4H2,1H3,(H,17,18)/p-1/t7-/m0/s1. The summed E-state index contributed by atoms with van der Waals surface area (Å²) in [5.74, 6) is -1.19. The van der Waals surface area contributed by atoms with Crippen molar-refractivity contribution in [1.29, 1.82) is 0 Å².